The Hall–Kier alpha value is -2.56. The van der Waals surface area contributed by atoms with Crippen LogP contribution in [0, 0.1) is 6.92 Å². The first-order valence-corrected chi connectivity index (χ1v) is 7.46. The molecule has 0 bridgehead atoms. The topological polar surface area (TPSA) is 54.2 Å². The normalized spacial score (nSPS) is 13.5. The van der Waals surface area contributed by atoms with Gasteiger partial charge in [-0.3, -0.25) is 4.98 Å². The minimum Gasteiger partial charge on any atom is -0.404 e. The minimum atomic E-state index is 0.402. The van der Waals surface area contributed by atoms with Gasteiger partial charge in [-0.1, -0.05) is 22.2 Å². The Kier molecular flexibility index (Phi) is 7.60. The molecule has 124 valence electrons. The Balaban J connectivity index is 2.56. The van der Waals surface area contributed by atoms with Gasteiger partial charge in [-0.2, -0.15) is 5.12 Å². The Bertz CT molecular complexity index is 612. The fourth-order valence-corrected chi connectivity index (χ4v) is 1.69. The number of hydrogen-bond donors (Lipinski definition) is 2. The molecule has 0 spiro atoms. The lowest BCUT2D eigenvalue weighted by molar-refractivity contribution is 0.477. The molecule has 23 heavy (non-hydrogen) atoms. The molecule has 0 fully saturated rings. The van der Waals surface area contributed by atoms with E-state index in [4.69, 9.17) is 5.73 Å². The maximum absolute atomic E-state index is 14.2. The summed E-state index contributed by atoms with van der Waals surface area (Å²) in [5.74, 6) is 0. The van der Waals surface area contributed by atoms with Crippen molar-refractivity contribution in [2.24, 2.45) is 5.73 Å². The van der Waals surface area contributed by atoms with Crippen LogP contribution in [0.2, 0.25) is 0 Å². The van der Waals surface area contributed by atoms with E-state index >= 15 is 0 Å². The molecule has 0 aliphatic rings. The molecule has 1 rings (SSSR count). The third-order valence-corrected chi connectivity index (χ3v) is 3.14. The zero-order valence-electron chi connectivity index (χ0n) is 14.2. The molecular weight excluding hydrogens is 291 g/mol. The fraction of sp³-hybridized carbons (Fsp3) is 0.278. The SMILES string of the molecule is CC(/C=C\C/C(C)=C/N/C=C(\C)N(F)c1ccc(C)nc1)=C/N. The molecule has 0 aliphatic heterocycles. The number of nitrogens with one attached hydrogen (secondary N) is 1. The molecule has 0 saturated carbocycles. The minimum absolute atomic E-state index is 0.402. The van der Waals surface area contributed by atoms with Crippen LogP contribution in [-0.2, 0) is 0 Å². The molecule has 0 amide bonds. The number of allylic oxidation sites excluding steroid dienone is 5. The van der Waals surface area contributed by atoms with E-state index in [1.165, 1.54) is 6.20 Å². The standard InChI is InChI=1S/C18H25FN4/c1-14(10-20)6-5-7-15(2)11-21-12-17(4)23(19)18-9-8-16(3)22-13-18/h5-6,8-13,21H,7,20H2,1-4H3/b6-5-,14-10-,15-11+,17-12+. The van der Waals surface area contributed by atoms with Crippen LogP contribution in [0.5, 0.6) is 0 Å². The van der Waals surface area contributed by atoms with Crippen LogP contribution in [-0.4, -0.2) is 4.98 Å². The summed E-state index contributed by atoms with van der Waals surface area (Å²) in [4.78, 5) is 4.08. The van der Waals surface area contributed by atoms with Gasteiger partial charge in [0.25, 0.3) is 0 Å². The van der Waals surface area contributed by atoms with Gasteiger partial charge in [0.05, 0.1) is 17.6 Å². The van der Waals surface area contributed by atoms with Crippen LogP contribution in [0.3, 0.4) is 0 Å². The van der Waals surface area contributed by atoms with Gasteiger partial charge in [0, 0.05) is 11.9 Å². The zero-order chi connectivity index (χ0) is 17.2. The monoisotopic (exact) mass is 316 g/mol. The Labute approximate surface area is 137 Å². The van der Waals surface area contributed by atoms with Crippen molar-refractivity contribution in [3.8, 4) is 0 Å². The Morgan fingerprint density at radius 2 is 2.04 bits per heavy atom. The zero-order valence-corrected chi connectivity index (χ0v) is 14.2. The first-order valence-electron chi connectivity index (χ1n) is 7.46. The average molecular weight is 316 g/mol. The molecule has 0 unspecified atom stereocenters. The van der Waals surface area contributed by atoms with Gasteiger partial charge < -0.3 is 11.1 Å². The van der Waals surface area contributed by atoms with Gasteiger partial charge in [0.1, 0.15) is 0 Å². The summed E-state index contributed by atoms with van der Waals surface area (Å²) in [5.41, 5.74) is 9.23. The van der Waals surface area contributed by atoms with Gasteiger partial charge in [0.2, 0.25) is 0 Å². The highest BCUT2D eigenvalue weighted by Gasteiger charge is 2.06. The van der Waals surface area contributed by atoms with Crippen molar-refractivity contribution in [1.82, 2.24) is 10.3 Å². The molecule has 1 heterocycles. The molecule has 0 atom stereocenters. The maximum atomic E-state index is 14.2. The number of aryl methyl sites for hydroxylation is 1. The lowest BCUT2D eigenvalue weighted by Crippen LogP contribution is -2.11. The number of nitrogens with two attached hydrogens (primary N) is 1. The molecule has 0 saturated heterocycles. The second-order valence-corrected chi connectivity index (χ2v) is 5.40. The van der Waals surface area contributed by atoms with Gasteiger partial charge >= 0.3 is 0 Å². The van der Waals surface area contributed by atoms with Crippen LogP contribution in [0.25, 0.3) is 0 Å². The van der Waals surface area contributed by atoms with E-state index in [2.05, 4.69) is 10.3 Å². The quantitative estimate of drug-likeness (QED) is 0.583. The summed E-state index contributed by atoms with van der Waals surface area (Å²) in [6.45, 7) is 7.49. The van der Waals surface area contributed by atoms with Crippen molar-refractivity contribution < 1.29 is 4.48 Å². The average Bonchev–Trinajstić information content (AvgIpc) is 2.54. The van der Waals surface area contributed by atoms with Crippen LogP contribution in [0.1, 0.15) is 32.9 Å². The van der Waals surface area contributed by atoms with E-state index in [1.54, 1.807) is 31.5 Å². The summed E-state index contributed by atoms with van der Waals surface area (Å²) < 4.78 is 14.2. The van der Waals surface area contributed by atoms with Crippen molar-refractivity contribution in [2.75, 3.05) is 5.12 Å². The second kappa shape index (κ2) is 9.46. The van der Waals surface area contributed by atoms with Gasteiger partial charge in [-0.15, -0.1) is 0 Å². The number of nitrogens with zero attached hydrogens (tertiary/aromatic N) is 2. The van der Waals surface area contributed by atoms with Gasteiger partial charge in [-0.25, -0.2) is 0 Å². The summed E-state index contributed by atoms with van der Waals surface area (Å²) in [7, 11) is 0. The third-order valence-electron chi connectivity index (χ3n) is 3.14. The maximum Gasteiger partial charge on any atom is 0.0926 e. The predicted molar refractivity (Wildman–Crippen MR) is 94.9 cm³/mol. The van der Waals surface area contributed by atoms with Crippen molar-refractivity contribution in [2.45, 2.75) is 34.1 Å². The number of aromatic nitrogens is 1. The highest BCUT2D eigenvalue weighted by Crippen LogP contribution is 2.18. The molecule has 0 radical (unpaired) electrons. The van der Waals surface area contributed by atoms with Crippen molar-refractivity contribution in [3.63, 3.8) is 0 Å². The number of rotatable bonds is 7. The lowest BCUT2D eigenvalue weighted by Gasteiger charge is -2.13. The van der Waals surface area contributed by atoms with Crippen LogP contribution in [0.4, 0.5) is 10.2 Å². The number of hydrogen-bond acceptors (Lipinski definition) is 4. The molecule has 1 aromatic heterocycles. The van der Waals surface area contributed by atoms with Crippen molar-refractivity contribution >= 4 is 5.69 Å². The van der Waals surface area contributed by atoms with E-state index in [0.717, 1.165) is 23.3 Å². The van der Waals surface area contributed by atoms with Crippen molar-refractivity contribution in [3.05, 3.63) is 71.6 Å². The van der Waals surface area contributed by atoms with Crippen LogP contribution < -0.4 is 16.2 Å². The molecule has 5 heteroatoms. The fourth-order valence-electron chi connectivity index (χ4n) is 1.69. The molecule has 0 aliphatic carbocycles. The summed E-state index contributed by atoms with van der Waals surface area (Å²) in [6, 6.07) is 3.47. The first kappa shape index (κ1) is 18.5. The first-order chi connectivity index (χ1) is 10.9. The van der Waals surface area contributed by atoms with E-state index < -0.39 is 0 Å². The smallest absolute Gasteiger partial charge is 0.0926 e. The molecule has 1 aromatic rings. The number of pyridine rings is 1. The molecular formula is C18H25FN4. The van der Waals surface area contributed by atoms with E-state index in [0.29, 0.717) is 16.5 Å². The number of anilines is 1. The van der Waals surface area contributed by atoms with Crippen LogP contribution in [0.15, 0.2) is 65.9 Å². The van der Waals surface area contributed by atoms with Gasteiger partial charge in [0.15, 0.2) is 0 Å². The molecule has 4 nitrogen and oxygen atoms in total. The predicted octanol–water partition coefficient (Wildman–Crippen LogP) is 4.24. The highest BCUT2D eigenvalue weighted by molar-refractivity contribution is 5.46. The Morgan fingerprint density at radius 1 is 1.30 bits per heavy atom. The van der Waals surface area contributed by atoms with Crippen LogP contribution >= 0.6 is 0 Å². The van der Waals surface area contributed by atoms with Gasteiger partial charge in [-0.05, 0) is 64.2 Å². The Morgan fingerprint density at radius 3 is 2.65 bits per heavy atom. The van der Waals surface area contributed by atoms with Crippen molar-refractivity contribution in [1.29, 1.82) is 0 Å². The van der Waals surface area contributed by atoms with E-state index in [9.17, 15) is 4.48 Å². The van der Waals surface area contributed by atoms with E-state index in [1.807, 2.05) is 39.1 Å². The molecule has 3 N–H and O–H groups in total. The second-order valence-electron chi connectivity index (χ2n) is 5.40. The molecule has 0 aromatic carbocycles. The summed E-state index contributed by atoms with van der Waals surface area (Å²) in [6.07, 6.45) is 11.3. The lowest BCUT2D eigenvalue weighted by atomic mass is 10.2. The number of halogens is 1. The highest BCUT2D eigenvalue weighted by atomic mass is 19.2. The largest absolute Gasteiger partial charge is 0.404 e. The third kappa shape index (κ3) is 6.82. The summed E-state index contributed by atoms with van der Waals surface area (Å²) >= 11 is 0. The van der Waals surface area contributed by atoms with E-state index in [-0.39, 0.29) is 0 Å². The summed E-state index contributed by atoms with van der Waals surface area (Å²) in [5, 5.41) is 3.59.